The Labute approximate surface area is 189 Å². The molecule has 7 nitrogen and oxygen atoms in total. The van der Waals surface area contributed by atoms with Gasteiger partial charge in [0.05, 0.1) is 12.6 Å². The first kappa shape index (κ1) is 21.4. The van der Waals surface area contributed by atoms with Crippen molar-refractivity contribution in [3.8, 4) is 5.75 Å². The zero-order valence-electron chi connectivity index (χ0n) is 17.3. The number of nitrogens with zero attached hydrogens (tertiary/aromatic N) is 2. The molecule has 1 heterocycles. The van der Waals surface area contributed by atoms with Crippen LogP contribution < -0.4 is 21.1 Å². The second-order valence-corrected chi connectivity index (χ2v) is 7.54. The number of rotatable bonds is 7. The standard InChI is InChI=1S/C24H21ClN4O3/c1-32-19-12-6-16(7-13-19)14-26-23-20-4-2-3-5-21(20)29(24(31)28-23)15-22(30)27-18-10-8-17(25)9-11-18/h2-13H,14-15H2,1H3,(H,27,30)(H,26,28,31). The van der Waals surface area contributed by atoms with Crippen LogP contribution in [0.4, 0.5) is 11.5 Å². The summed E-state index contributed by atoms with van der Waals surface area (Å²) >= 11 is 5.88. The monoisotopic (exact) mass is 448 g/mol. The van der Waals surface area contributed by atoms with E-state index in [0.29, 0.717) is 28.6 Å². The Balaban J connectivity index is 1.56. The summed E-state index contributed by atoms with van der Waals surface area (Å²) in [4.78, 5) is 29.5. The van der Waals surface area contributed by atoms with Crippen LogP contribution in [0, 0.1) is 0 Å². The molecule has 0 fully saturated rings. The van der Waals surface area contributed by atoms with Crippen molar-refractivity contribution >= 4 is 39.9 Å². The molecule has 0 aliphatic rings. The fourth-order valence-corrected chi connectivity index (χ4v) is 3.45. The van der Waals surface area contributed by atoms with E-state index in [-0.39, 0.29) is 12.5 Å². The predicted molar refractivity (Wildman–Crippen MR) is 126 cm³/mol. The molecule has 32 heavy (non-hydrogen) atoms. The molecule has 0 radical (unpaired) electrons. The molecule has 0 saturated carbocycles. The Kier molecular flexibility index (Phi) is 6.37. The second-order valence-electron chi connectivity index (χ2n) is 7.10. The molecular formula is C24H21ClN4O3. The van der Waals surface area contributed by atoms with Crippen LogP contribution in [0.25, 0.3) is 10.9 Å². The van der Waals surface area contributed by atoms with E-state index in [4.69, 9.17) is 16.3 Å². The third-order valence-electron chi connectivity index (χ3n) is 4.94. The van der Waals surface area contributed by atoms with Gasteiger partial charge in [-0.15, -0.1) is 0 Å². The van der Waals surface area contributed by atoms with Crippen molar-refractivity contribution in [1.82, 2.24) is 9.55 Å². The van der Waals surface area contributed by atoms with Crippen molar-refractivity contribution in [3.63, 3.8) is 0 Å². The van der Waals surface area contributed by atoms with E-state index >= 15 is 0 Å². The minimum absolute atomic E-state index is 0.159. The number of carbonyl (C=O) groups is 1. The zero-order chi connectivity index (χ0) is 22.5. The largest absolute Gasteiger partial charge is 0.497 e. The van der Waals surface area contributed by atoms with Crippen LogP contribution in [-0.2, 0) is 17.9 Å². The number of amides is 1. The van der Waals surface area contributed by atoms with E-state index < -0.39 is 5.69 Å². The highest BCUT2D eigenvalue weighted by atomic mass is 35.5. The van der Waals surface area contributed by atoms with E-state index in [1.165, 1.54) is 4.57 Å². The summed E-state index contributed by atoms with van der Waals surface area (Å²) in [5.41, 5.74) is 1.73. The fraction of sp³-hybridized carbons (Fsp3) is 0.125. The smallest absolute Gasteiger partial charge is 0.350 e. The molecule has 0 unspecified atom stereocenters. The van der Waals surface area contributed by atoms with Crippen LogP contribution in [0.3, 0.4) is 0 Å². The van der Waals surface area contributed by atoms with Gasteiger partial charge in [-0.3, -0.25) is 9.36 Å². The molecule has 4 rings (SSSR count). The van der Waals surface area contributed by atoms with Gasteiger partial charge in [0.2, 0.25) is 5.91 Å². The molecule has 0 spiro atoms. The predicted octanol–water partition coefficient (Wildman–Crippen LogP) is 4.31. The molecule has 3 aromatic carbocycles. The van der Waals surface area contributed by atoms with E-state index in [1.54, 1.807) is 37.4 Å². The van der Waals surface area contributed by atoms with E-state index in [1.807, 2.05) is 42.5 Å². The Hall–Kier alpha value is -3.84. The SMILES string of the molecule is COc1ccc(CNc2nc(=O)n(CC(=O)Nc3ccc(Cl)cc3)c3ccccc23)cc1. The number of fused-ring (bicyclic) bond motifs is 1. The van der Waals surface area contributed by atoms with Crippen molar-refractivity contribution in [2.45, 2.75) is 13.1 Å². The molecule has 0 aliphatic heterocycles. The van der Waals surface area contributed by atoms with Crippen LogP contribution in [0.15, 0.2) is 77.6 Å². The Morgan fingerprint density at radius 3 is 2.47 bits per heavy atom. The number of benzene rings is 3. The quantitative estimate of drug-likeness (QED) is 0.440. The van der Waals surface area contributed by atoms with Gasteiger partial charge in [-0.25, -0.2) is 4.79 Å². The van der Waals surface area contributed by atoms with Crippen LogP contribution in [0.2, 0.25) is 5.02 Å². The first-order valence-electron chi connectivity index (χ1n) is 9.95. The maximum Gasteiger partial charge on any atom is 0.350 e. The highest BCUT2D eigenvalue weighted by molar-refractivity contribution is 6.30. The maximum absolute atomic E-state index is 12.8. The van der Waals surface area contributed by atoms with Gasteiger partial charge in [-0.1, -0.05) is 35.9 Å². The molecule has 0 atom stereocenters. The van der Waals surface area contributed by atoms with Gasteiger partial charge in [0.1, 0.15) is 18.1 Å². The number of hydrogen-bond acceptors (Lipinski definition) is 5. The van der Waals surface area contributed by atoms with Gasteiger partial charge in [-0.2, -0.15) is 4.98 Å². The van der Waals surface area contributed by atoms with Crippen LogP contribution in [0.1, 0.15) is 5.56 Å². The lowest BCUT2D eigenvalue weighted by Crippen LogP contribution is -2.30. The van der Waals surface area contributed by atoms with Gasteiger partial charge in [0.15, 0.2) is 0 Å². The molecule has 8 heteroatoms. The molecule has 1 aromatic heterocycles. The molecule has 1 amide bonds. The first-order valence-corrected chi connectivity index (χ1v) is 10.3. The zero-order valence-corrected chi connectivity index (χ0v) is 18.1. The van der Waals surface area contributed by atoms with Gasteiger partial charge < -0.3 is 15.4 Å². The summed E-state index contributed by atoms with van der Waals surface area (Å²) in [7, 11) is 1.62. The lowest BCUT2D eigenvalue weighted by molar-refractivity contribution is -0.116. The Morgan fingerprint density at radius 1 is 1.03 bits per heavy atom. The molecule has 2 N–H and O–H groups in total. The number of anilines is 2. The van der Waals surface area contributed by atoms with Crippen LogP contribution in [-0.4, -0.2) is 22.6 Å². The van der Waals surface area contributed by atoms with Gasteiger partial charge in [0, 0.05) is 22.6 Å². The highest BCUT2D eigenvalue weighted by Crippen LogP contribution is 2.21. The summed E-state index contributed by atoms with van der Waals surface area (Å²) in [5.74, 6) is 0.910. The molecule has 0 bridgehead atoms. The van der Waals surface area contributed by atoms with Gasteiger partial charge in [0.25, 0.3) is 0 Å². The molecular weight excluding hydrogens is 428 g/mol. The summed E-state index contributed by atoms with van der Waals surface area (Å²) in [6.07, 6.45) is 0. The molecule has 162 valence electrons. The summed E-state index contributed by atoms with van der Waals surface area (Å²) < 4.78 is 6.54. The summed E-state index contributed by atoms with van der Waals surface area (Å²) in [6.45, 7) is 0.329. The Morgan fingerprint density at radius 2 is 1.75 bits per heavy atom. The van der Waals surface area contributed by atoms with Crippen molar-refractivity contribution in [2.75, 3.05) is 17.7 Å². The number of halogens is 1. The minimum Gasteiger partial charge on any atom is -0.497 e. The maximum atomic E-state index is 12.8. The lowest BCUT2D eigenvalue weighted by atomic mass is 10.2. The Bertz CT molecular complexity index is 1300. The fourth-order valence-electron chi connectivity index (χ4n) is 3.32. The van der Waals surface area contributed by atoms with Crippen molar-refractivity contribution in [3.05, 3.63) is 93.9 Å². The number of carbonyl (C=O) groups excluding carboxylic acids is 1. The average molecular weight is 449 g/mol. The third kappa shape index (κ3) is 4.90. The number of para-hydroxylation sites is 1. The number of hydrogen-bond donors (Lipinski definition) is 2. The second kappa shape index (κ2) is 9.53. The third-order valence-corrected chi connectivity index (χ3v) is 5.19. The number of ether oxygens (including phenoxy) is 1. The van der Waals surface area contributed by atoms with E-state index in [0.717, 1.165) is 16.7 Å². The van der Waals surface area contributed by atoms with Crippen molar-refractivity contribution in [1.29, 1.82) is 0 Å². The van der Waals surface area contributed by atoms with Crippen LogP contribution in [0.5, 0.6) is 5.75 Å². The number of aromatic nitrogens is 2. The van der Waals surface area contributed by atoms with E-state index in [9.17, 15) is 9.59 Å². The molecule has 0 aliphatic carbocycles. The van der Waals surface area contributed by atoms with Gasteiger partial charge >= 0.3 is 5.69 Å². The minimum atomic E-state index is -0.507. The van der Waals surface area contributed by atoms with Crippen molar-refractivity contribution < 1.29 is 9.53 Å². The normalized spacial score (nSPS) is 10.7. The molecule has 4 aromatic rings. The summed E-state index contributed by atoms with van der Waals surface area (Å²) in [6, 6.07) is 21.8. The topological polar surface area (TPSA) is 85.2 Å². The molecule has 0 saturated heterocycles. The highest BCUT2D eigenvalue weighted by Gasteiger charge is 2.13. The number of nitrogens with one attached hydrogen (secondary N) is 2. The van der Waals surface area contributed by atoms with Crippen molar-refractivity contribution in [2.24, 2.45) is 0 Å². The first-order chi connectivity index (χ1) is 15.5. The average Bonchev–Trinajstić information content (AvgIpc) is 2.81. The number of methoxy groups -OCH3 is 1. The van der Waals surface area contributed by atoms with E-state index in [2.05, 4.69) is 15.6 Å². The van der Waals surface area contributed by atoms with Gasteiger partial charge in [-0.05, 0) is 54.1 Å². The van der Waals surface area contributed by atoms with Crippen LogP contribution >= 0.6 is 11.6 Å². The lowest BCUT2D eigenvalue weighted by Gasteiger charge is -2.14. The summed E-state index contributed by atoms with van der Waals surface area (Å²) in [5, 5.41) is 7.32.